The Morgan fingerprint density at radius 1 is 1.23 bits per heavy atom. The molecule has 0 heterocycles. The second-order valence-corrected chi connectivity index (χ2v) is 5.99. The van der Waals surface area contributed by atoms with Crippen molar-refractivity contribution >= 4 is 5.96 Å². The molecule has 1 atom stereocenters. The minimum absolute atomic E-state index is 0.338. The standard InChI is InChI=1S/C17H29N3O2/c1-14(2)12-22-13-16(21)11-19-17(20(3)4)18-10-15-8-6-5-7-9-15/h5-9,14,16,21H,10-13H2,1-4H3,(H,18,19). The lowest BCUT2D eigenvalue weighted by Crippen LogP contribution is -2.41. The Kier molecular flexibility index (Phi) is 8.55. The number of nitrogens with zero attached hydrogens (tertiary/aromatic N) is 2. The maximum Gasteiger partial charge on any atom is 0.193 e. The lowest BCUT2D eigenvalue weighted by Gasteiger charge is -2.20. The Bertz CT molecular complexity index is 433. The number of aliphatic imine (C=N–C) groups is 1. The quantitative estimate of drug-likeness (QED) is 0.567. The largest absolute Gasteiger partial charge is 0.389 e. The number of rotatable bonds is 8. The molecule has 2 N–H and O–H groups in total. The van der Waals surface area contributed by atoms with Crippen LogP contribution in [0.15, 0.2) is 35.3 Å². The normalized spacial score (nSPS) is 13.3. The molecule has 0 aromatic heterocycles. The van der Waals surface area contributed by atoms with Crippen LogP contribution in [0.1, 0.15) is 19.4 Å². The molecular weight excluding hydrogens is 278 g/mol. The van der Waals surface area contributed by atoms with Crippen LogP contribution >= 0.6 is 0 Å². The van der Waals surface area contributed by atoms with Crippen molar-refractivity contribution in [3.63, 3.8) is 0 Å². The summed E-state index contributed by atoms with van der Waals surface area (Å²) in [4.78, 5) is 6.46. The van der Waals surface area contributed by atoms with Crippen molar-refractivity contribution in [2.75, 3.05) is 33.9 Å². The first-order chi connectivity index (χ1) is 10.5. The van der Waals surface area contributed by atoms with Gasteiger partial charge in [0.15, 0.2) is 5.96 Å². The molecule has 0 aliphatic carbocycles. The van der Waals surface area contributed by atoms with E-state index in [-0.39, 0.29) is 0 Å². The van der Waals surface area contributed by atoms with Crippen LogP contribution < -0.4 is 5.32 Å². The minimum Gasteiger partial charge on any atom is -0.389 e. The molecule has 0 bridgehead atoms. The molecule has 1 aromatic rings. The summed E-state index contributed by atoms with van der Waals surface area (Å²) in [6.45, 7) is 6.21. The predicted octanol–water partition coefficient (Wildman–Crippen LogP) is 1.73. The van der Waals surface area contributed by atoms with E-state index in [1.807, 2.05) is 49.3 Å². The van der Waals surface area contributed by atoms with Crippen molar-refractivity contribution in [1.82, 2.24) is 10.2 Å². The zero-order valence-electron chi connectivity index (χ0n) is 14.1. The highest BCUT2D eigenvalue weighted by atomic mass is 16.5. The number of nitrogens with one attached hydrogen (secondary N) is 1. The number of aliphatic hydroxyl groups is 1. The van der Waals surface area contributed by atoms with Gasteiger partial charge in [0.25, 0.3) is 0 Å². The summed E-state index contributed by atoms with van der Waals surface area (Å²) in [5.41, 5.74) is 1.16. The van der Waals surface area contributed by atoms with E-state index in [1.165, 1.54) is 0 Å². The van der Waals surface area contributed by atoms with E-state index >= 15 is 0 Å². The Hall–Kier alpha value is -1.59. The van der Waals surface area contributed by atoms with Gasteiger partial charge in [-0.05, 0) is 11.5 Å². The van der Waals surface area contributed by atoms with Crippen LogP contribution in [0.25, 0.3) is 0 Å². The van der Waals surface area contributed by atoms with Crippen molar-refractivity contribution in [3.8, 4) is 0 Å². The summed E-state index contributed by atoms with van der Waals surface area (Å²) in [6.07, 6.45) is -0.541. The number of benzene rings is 1. The lowest BCUT2D eigenvalue weighted by atomic mass is 10.2. The highest BCUT2D eigenvalue weighted by Gasteiger charge is 2.08. The number of ether oxygens (including phenoxy) is 1. The topological polar surface area (TPSA) is 57.1 Å². The maximum atomic E-state index is 9.92. The zero-order valence-corrected chi connectivity index (χ0v) is 14.1. The molecule has 0 amide bonds. The molecule has 22 heavy (non-hydrogen) atoms. The maximum absolute atomic E-state index is 9.92. The molecule has 1 aromatic carbocycles. The zero-order chi connectivity index (χ0) is 16.4. The number of hydrogen-bond donors (Lipinski definition) is 2. The van der Waals surface area contributed by atoms with Crippen molar-refractivity contribution in [3.05, 3.63) is 35.9 Å². The van der Waals surface area contributed by atoms with Crippen LogP contribution in [0, 0.1) is 5.92 Å². The summed E-state index contributed by atoms with van der Waals surface area (Å²) >= 11 is 0. The number of hydrogen-bond acceptors (Lipinski definition) is 3. The predicted molar refractivity (Wildman–Crippen MR) is 90.9 cm³/mol. The molecule has 5 nitrogen and oxygen atoms in total. The SMILES string of the molecule is CC(C)COCC(O)CNC(=NCc1ccccc1)N(C)C. The Morgan fingerprint density at radius 2 is 1.91 bits per heavy atom. The Balaban J connectivity index is 2.40. The fourth-order valence-electron chi connectivity index (χ4n) is 1.81. The fraction of sp³-hybridized carbons (Fsp3) is 0.588. The van der Waals surface area contributed by atoms with Crippen molar-refractivity contribution in [1.29, 1.82) is 0 Å². The molecule has 0 aliphatic heterocycles. The number of aliphatic hydroxyl groups excluding tert-OH is 1. The number of guanidine groups is 1. The van der Waals surface area contributed by atoms with Crippen LogP contribution in [0.4, 0.5) is 0 Å². The van der Waals surface area contributed by atoms with Gasteiger partial charge in [-0.3, -0.25) is 0 Å². The van der Waals surface area contributed by atoms with Crippen molar-refractivity contribution in [2.45, 2.75) is 26.5 Å². The molecule has 5 heteroatoms. The summed E-state index contributed by atoms with van der Waals surface area (Å²) < 4.78 is 5.44. The lowest BCUT2D eigenvalue weighted by molar-refractivity contribution is 0.0278. The molecule has 0 saturated carbocycles. The molecule has 124 valence electrons. The van der Waals surface area contributed by atoms with Crippen LogP contribution in [0.5, 0.6) is 0 Å². The van der Waals surface area contributed by atoms with Gasteiger partial charge in [-0.1, -0.05) is 44.2 Å². The Morgan fingerprint density at radius 3 is 2.50 bits per heavy atom. The molecule has 0 saturated heterocycles. The summed E-state index contributed by atoms with van der Waals surface area (Å²) in [5, 5.41) is 13.1. The van der Waals surface area contributed by atoms with Gasteiger partial charge in [-0.15, -0.1) is 0 Å². The van der Waals surface area contributed by atoms with E-state index in [0.29, 0.717) is 32.2 Å². The fourth-order valence-corrected chi connectivity index (χ4v) is 1.81. The average Bonchev–Trinajstić information content (AvgIpc) is 2.47. The molecular formula is C17H29N3O2. The third-order valence-electron chi connectivity index (χ3n) is 2.94. The van der Waals surface area contributed by atoms with Gasteiger partial charge in [-0.25, -0.2) is 4.99 Å². The van der Waals surface area contributed by atoms with Crippen LogP contribution in [0.3, 0.4) is 0 Å². The van der Waals surface area contributed by atoms with E-state index in [0.717, 1.165) is 11.5 Å². The van der Waals surface area contributed by atoms with Gasteiger partial charge in [0.2, 0.25) is 0 Å². The first-order valence-corrected chi connectivity index (χ1v) is 7.74. The highest BCUT2D eigenvalue weighted by Crippen LogP contribution is 2.00. The first-order valence-electron chi connectivity index (χ1n) is 7.74. The third kappa shape index (κ3) is 8.00. The highest BCUT2D eigenvalue weighted by molar-refractivity contribution is 5.79. The van der Waals surface area contributed by atoms with Gasteiger partial charge >= 0.3 is 0 Å². The monoisotopic (exact) mass is 307 g/mol. The minimum atomic E-state index is -0.541. The van der Waals surface area contributed by atoms with Crippen molar-refractivity contribution < 1.29 is 9.84 Å². The van der Waals surface area contributed by atoms with Crippen LogP contribution in [-0.4, -0.2) is 55.9 Å². The Labute approximate surface area is 134 Å². The van der Waals surface area contributed by atoms with Crippen molar-refractivity contribution in [2.24, 2.45) is 10.9 Å². The molecule has 0 aliphatic rings. The third-order valence-corrected chi connectivity index (χ3v) is 2.94. The first kappa shape index (κ1) is 18.5. The van der Waals surface area contributed by atoms with E-state index in [2.05, 4.69) is 24.2 Å². The van der Waals surface area contributed by atoms with E-state index < -0.39 is 6.10 Å². The van der Waals surface area contributed by atoms with Gasteiger partial charge in [0.1, 0.15) is 0 Å². The molecule has 0 fully saturated rings. The second kappa shape index (κ2) is 10.2. The van der Waals surface area contributed by atoms with E-state index in [1.54, 1.807) is 0 Å². The van der Waals surface area contributed by atoms with Crippen LogP contribution in [0.2, 0.25) is 0 Å². The van der Waals surface area contributed by atoms with Gasteiger partial charge in [-0.2, -0.15) is 0 Å². The van der Waals surface area contributed by atoms with Gasteiger partial charge in [0.05, 0.1) is 19.3 Å². The van der Waals surface area contributed by atoms with E-state index in [9.17, 15) is 5.11 Å². The van der Waals surface area contributed by atoms with E-state index in [4.69, 9.17) is 4.74 Å². The molecule has 0 spiro atoms. The average molecular weight is 307 g/mol. The summed E-state index contributed by atoms with van der Waals surface area (Å²) in [7, 11) is 3.86. The second-order valence-electron chi connectivity index (χ2n) is 5.99. The molecule has 1 rings (SSSR count). The molecule has 0 radical (unpaired) electrons. The van der Waals surface area contributed by atoms with Gasteiger partial charge in [0, 0.05) is 27.2 Å². The van der Waals surface area contributed by atoms with Gasteiger partial charge < -0.3 is 20.1 Å². The molecule has 1 unspecified atom stereocenters. The smallest absolute Gasteiger partial charge is 0.193 e. The summed E-state index contributed by atoms with van der Waals surface area (Å²) in [6, 6.07) is 10.1. The summed E-state index contributed by atoms with van der Waals surface area (Å²) in [5.74, 6) is 1.23. The van der Waals surface area contributed by atoms with Crippen LogP contribution in [-0.2, 0) is 11.3 Å².